The lowest BCUT2D eigenvalue weighted by Crippen LogP contribution is -1.93. The Kier molecular flexibility index (Phi) is 4.03. The van der Waals surface area contributed by atoms with E-state index in [0.29, 0.717) is 6.42 Å². The van der Waals surface area contributed by atoms with Crippen molar-refractivity contribution in [3.63, 3.8) is 0 Å². The van der Waals surface area contributed by atoms with Crippen LogP contribution in [-0.2, 0) is 11.2 Å². The standard InChI is InChI=1S/C12H16O3/c1-3-4-12(15-2)7-9-5-10(13)8-11(14)6-9/h4-6,8,13-14H,3,7H2,1-2H3/b12-4+. The van der Waals surface area contributed by atoms with Gasteiger partial charge in [-0.2, -0.15) is 0 Å². The molecule has 0 heterocycles. The number of rotatable bonds is 4. The molecule has 0 aliphatic heterocycles. The van der Waals surface area contributed by atoms with Crippen molar-refractivity contribution in [2.75, 3.05) is 7.11 Å². The number of allylic oxidation sites excluding steroid dienone is 2. The largest absolute Gasteiger partial charge is 0.508 e. The molecule has 0 bridgehead atoms. The molecule has 0 fully saturated rings. The Bertz CT molecular complexity index is 336. The molecule has 0 aliphatic carbocycles. The minimum atomic E-state index is 0.0666. The third-order valence-corrected chi connectivity index (χ3v) is 2.03. The van der Waals surface area contributed by atoms with Crippen LogP contribution in [0.25, 0.3) is 0 Å². The smallest absolute Gasteiger partial charge is 0.119 e. The number of aromatic hydroxyl groups is 2. The van der Waals surface area contributed by atoms with Gasteiger partial charge in [0.25, 0.3) is 0 Å². The Labute approximate surface area is 89.6 Å². The molecule has 3 nitrogen and oxygen atoms in total. The second kappa shape index (κ2) is 5.29. The number of methoxy groups -OCH3 is 1. The van der Waals surface area contributed by atoms with Gasteiger partial charge in [-0.15, -0.1) is 0 Å². The maximum Gasteiger partial charge on any atom is 0.119 e. The van der Waals surface area contributed by atoms with E-state index in [4.69, 9.17) is 4.74 Å². The zero-order chi connectivity index (χ0) is 11.3. The van der Waals surface area contributed by atoms with E-state index < -0.39 is 0 Å². The van der Waals surface area contributed by atoms with Gasteiger partial charge in [0.05, 0.1) is 12.9 Å². The minimum absolute atomic E-state index is 0.0666. The van der Waals surface area contributed by atoms with Crippen LogP contribution in [0.1, 0.15) is 18.9 Å². The van der Waals surface area contributed by atoms with Crippen molar-refractivity contribution in [2.24, 2.45) is 0 Å². The number of benzene rings is 1. The molecule has 3 heteroatoms. The average molecular weight is 208 g/mol. The first-order valence-electron chi connectivity index (χ1n) is 4.90. The van der Waals surface area contributed by atoms with Crippen molar-refractivity contribution < 1.29 is 14.9 Å². The molecule has 0 aliphatic rings. The Morgan fingerprint density at radius 1 is 1.27 bits per heavy atom. The van der Waals surface area contributed by atoms with Gasteiger partial charge in [0, 0.05) is 12.5 Å². The quantitative estimate of drug-likeness (QED) is 0.748. The topological polar surface area (TPSA) is 49.7 Å². The third kappa shape index (κ3) is 3.54. The van der Waals surface area contributed by atoms with Gasteiger partial charge in [0.2, 0.25) is 0 Å². The minimum Gasteiger partial charge on any atom is -0.508 e. The molecule has 0 unspecified atom stereocenters. The normalized spacial score (nSPS) is 11.5. The van der Waals surface area contributed by atoms with Crippen LogP contribution in [0.5, 0.6) is 11.5 Å². The van der Waals surface area contributed by atoms with Gasteiger partial charge < -0.3 is 14.9 Å². The Balaban J connectivity index is 2.83. The van der Waals surface area contributed by atoms with Gasteiger partial charge in [-0.05, 0) is 30.2 Å². The molecule has 1 aromatic rings. The van der Waals surface area contributed by atoms with E-state index in [1.807, 2.05) is 13.0 Å². The second-order valence-electron chi connectivity index (χ2n) is 3.32. The Morgan fingerprint density at radius 2 is 1.87 bits per heavy atom. The van der Waals surface area contributed by atoms with Gasteiger partial charge in [-0.3, -0.25) is 0 Å². The van der Waals surface area contributed by atoms with Crippen molar-refractivity contribution in [3.8, 4) is 11.5 Å². The first kappa shape index (κ1) is 11.4. The van der Waals surface area contributed by atoms with Crippen LogP contribution >= 0.6 is 0 Å². The lowest BCUT2D eigenvalue weighted by Gasteiger charge is -2.07. The van der Waals surface area contributed by atoms with Crippen molar-refractivity contribution in [1.82, 2.24) is 0 Å². The number of phenols is 2. The summed E-state index contributed by atoms with van der Waals surface area (Å²) in [5.74, 6) is 0.969. The van der Waals surface area contributed by atoms with E-state index in [1.165, 1.54) is 6.07 Å². The monoisotopic (exact) mass is 208 g/mol. The van der Waals surface area contributed by atoms with E-state index >= 15 is 0 Å². The molecule has 1 aromatic carbocycles. The van der Waals surface area contributed by atoms with Crippen molar-refractivity contribution in [2.45, 2.75) is 19.8 Å². The highest BCUT2D eigenvalue weighted by Gasteiger charge is 2.02. The van der Waals surface area contributed by atoms with Crippen LogP contribution in [0.15, 0.2) is 30.0 Å². The zero-order valence-electron chi connectivity index (χ0n) is 9.03. The molecule has 1 rings (SSSR count). The first-order valence-corrected chi connectivity index (χ1v) is 4.90. The highest BCUT2D eigenvalue weighted by Crippen LogP contribution is 2.22. The summed E-state index contributed by atoms with van der Waals surface area (Å²) in [6.07, 6.45) is 3.45. The molecular formula is C12H16O3. The van der Waals surface area contributed by atoms with E-state index in [9.17, 15) is 10.2 Å². The molecule has 0 atom stereocenters. The fourth-order valence-electron chi connectivity index (χ4n) is 1.42. The van der Waals surface area contributed by atoms with E-state index in [2.05, 4.69) is 0 Å². The van der Waals surface area contributed by atoms with Crippen molar-refractivity contribution >= 4 is 0 Å². The SMILES string of the molecule is CC/C=C(\Cc1cc(O)cc(O)c1)OC. The summed E-state index contributed by atoms with van der Waals surface area (Å²) in [6.45, 7) is 2.03. The van der Waals surface area contributed by atoms with Crippen LogP contribution in [0.4, 0.5) is 0 Å². The van der Waals surface area contributed by atoms with Gasteiger partial charge >= 0.3 is 0 Å². The van der Waals surface area contributed by atoms with E-state index in [0.717, 1.165) is 17.7 Å². The summed E-state index contributed by atoms with van der Waals surface area (Å²) in [4.78, 5) is 0. The highest BCUT2D eigenvalue weighted by molar-refractivity contribution is 5.37. The third-order valence-electron chi connectivity index (χ3n) is 2.03. The van der Waals surface area contributed by atoms with Gasteiger partial charge in [0.15, 0.2) is 0 Å². The second-order valence-corrected chi connectivity index (χ2v) is 3.32. The van der Waals surface area contributed by atoms with Crippen LogP contribution in [0.2, 0.25) is 0 Å². The molecule has 0 saturated carbocycles. The summed E-state index contributed by atoms with van der Waals surface area (Å²) in [7, 11) is 1.62. The molecular weight excluding hydrogens is 192 g/mol. The lowest BCUT2D eigenvalue weighted by atomic mass is 10.1. The van der Waals surface area contributed by atoms with Gasteiger partial charge in [-0.1, -0.05) is 6.92 Å². The van der Waals surface area contributed by atoms with E-state index in [1.54, 1.807) is 19.2 Å². The molecule has 15 heavy (non-hydrogen) atoms. The molecule has 0 amide bonds. The fourth-order valence-corrected chi connectivity index (χ4v) is 1.42. The lowest BCUT2D eigenvalue weighted by molar-refractivity contribution is 0.281. The van der Waals surface area contributed by atoms with Crippen molar-refractivity contribution in [1.29, 1.82) is 0 Å². The Hall–Kier alpha value is -1.64. The fraction of sp³-hybridized carbons (Fsp3) is 0.333. The highest BCUT2D eigenvalue weighted by atomic mass is 16.5. The summed E-state index contributed by atoms with van der Waals surface area (Å²) in [5, 5.41) is 18.6. The van der Waals surface area contributed by atoms with Crippen LogP contribution < -0.4 is 0 Å². The Morgan fingerprint density at radius 3 is 2.33 bits per heavy atom. The summed E-state index contributed by atoms with van der Waals surface area (Å²) < 4.78 is 5.17. The van der Waals surface area contributed by atoms with Crippen LogP contribution in [-0.4, -0.2) is 17.3 Å². The molecule has 0 saturated heterocycles. The maximum absolute atomic E-state index is 9.29. The molecule has 0 radical (unpaired) electrons. The number of hydrogen-bond donors (Lipinski definition) is 2. The zero-order valence-corrected chi connectivity index (χ0v) is 9.03. The summed E-state index contributed by atoms with van der Waals surface area (Å²) in [6, 6.07) is 4.53. The summed E-state index contributed by atoms with van der Waals surface area (Å²) in [5.41, 5.74) is 0.828. The van der Waals surface area contributed by atoms with Gasteiger partial charge in [-0.25, -0.2) is 0 Å². The average Bonchev–Trinajstić information content (AvgIpc) is 2.15. The maximum atomic E-state index is 9.29. The number of hydrogen-bond acceptors (Lipinski definition) is 3. The molecule has 0 aromatic heterocycles. The molecule has 0 spiro atoms. The van der Waals surface area contributed by atoms with Crippen molar-refractivity contribution in [3.05, 3.63) is 35.6 Å². The summed E-state index contributed by atoms with van der Waals surface area (Å²) >= 11 is 0. The molecule has 82 valence electrons. The predicted octanol–water partition coefficient (Wildman–Crippen LogP) is 2.58. The number of phenolic OH excluding ortho intramolecular Hbond substituents is 2. The van der Waals surface area contributed by atoms with Gasteiger partial charge in [0.1, 0.15) is 11.5 Å². The van der Waals surface area contributed by atoms with Crippen LogP contribution in [0, 0.1) is 0 Å². The number of ether oxygens (including phenoxy) is 1. The predicted molar refractivity (Wildman–Crippen MR) is 58.9 cm³/mol. The molecule has 2 N–H and O–H groups in total. The van der Waals surface area contributed by atoms with Crippen LogP contribution in [0.3, 0.4) is 0 Å². The first-order chi connectivity index (χ1) is 7.15. The van der Waals surface area contributed by atoms with E-state index in [-0.39, 0.29) is 11.5 Å².